The molecule has 0 aliphatic heterocycles. The van der Waals surface area contributed by atoms with Gasteiger partial charge in [0.2, 0.25) is 0 Å². The second-order valence-corrected chi connectivity index (χ2v) is 4.63. The molecule has 0 aromatic carbocycles. The molecule has 15 heavy (non-hydrogen) atoms. The molecular formula is C12H20N2S. The number of anilines is 1. The van der Waals surface area contributed by atoms with Gasteiger partial charge >= 0.3 is 0 Å². The topological polar surface area (TPSA) is 24.9 Å². The molecule has 2 nitrogen and oxygen atoms in total. The quantitative estimate of drug-likeness (QED) is 0.717. The molecule has 0 spiro atoms. The molecule has 1 rings (SSSR count). The number of nitrogens with one attached hydrogen (secondary N) is 1. The smallest absolute Gasteiger partial charge is 0.129 e. The predicted molar refractivity (Wildman–Crippen MR) is 69.5 cm³/mol. The zero-order valence-corrected chi connectivity index (χ0v) is 10.4. The fraction of sp³-hybridized carbons (Fsp3) is 0.583. The van der Waals surface area contributed by atoms with Gasteiger partial charge in [0.25, 0.3) is 0 Å². The van der Waals surface area contributed by atoms with Crippen molar-refractivity contribution in [2.45, 2.75) is 31.9 Å². The van der Waals surface area contributed by atoms with Crippen molar-refractivity contribution in [3.8, 4) is 0 Å². The summed E-state index contributed by atoms with van der Waals surface area (Å²) in [4.78, 5) is 4.29. The number of hydrogen-bond donors (Lipinski definition) is 1. The van der Waals surface area contributed by atoms with E-state index in [1.807, 2.05) is 31.1 Å². The molecule has 0 unspecified atom stereocenters. The summed E-state index contributed by atoms with van der Waals surface area (Å²) >= 11 is 2.00. The van der Waals surface area contributed by atoms with Crippen LogP contribution in [-0.4, -0.2) is 17.8 Å². The third-order valence-corrected chi connectivity index (χ3v) is 3.37. The maximum absolute atomic E-state index is 4.29. The standard InChI is InChI=1S/C12H20N2S/c1-3-4-5-9-15-10-11-7-6-8-14-12(11)13-2/h6-8H,3-5,9-10H2,1-2H3,(H,13,14). The number of unbranched alkanes of at least 4 members (excludes halogenated alkanes) is 2. The fourth-order valence-electron chi connectivity index (χ4n) is 1.42. The Morgan fingerprint density at radius 2 is 2.27 bits per heavy atom. The molecular weight excluding hydrogens is 204 g/mol. The molecule has 1 aromatic heterocycles. The highest BCUT2D eigenvalue weighted by atomic mass is 32.2. The summed E-state index contributed by atoms with van der Waals surface area (Å²) in [5, 5.41) is 3.12. The fourth-order valence-corrected chi connectivity index (χ4v) is 2.42. The van der Waals surface area contributed by atoms with Crippen molar-refractivity contribution in [2.24, 2.45) is 0 Å². The number of hydrogen-bond acceptors (Lipinski definition) is 3. The van der Waals surface area contributed by atoms with Crippen LogP contribution in [0.3, 0.4) is 0 Å². The van der Waals surface area contributed by atoms with Crippen LogP contribution in [-0.2, 0) is 5.75 Å². The zero-order chi connectivity index (χ0) is 10.9. The van der Waals surface area contributed by atoms with Crippen LogP contribution in [0, 0.1) is 0 Å². The van der Waals surface area contributed by atoms with Gasteiger partial charge in [-0.1, -0.05) is 25.8 Å². The first-order valence-corrected chi connectivity index (χ1v) is 6.73. The molecule has 3 heteroatoms. The van der Waals surface area contributed by atoms with Gasteiger partial charge in [-0.25, -0.2) is 4.98 Å². The maximum Gasteiger partial charge on any atom is 0.129 e. The molecule has 1 heterocycles. The van der Waals surface area contributed by atoms with E-state index in [4.69, 9.17) is 0 Å². The average Bonchev–Trinajstić information content (AvgIpc) is 2.29. The Balaban J connectivity index is 2.30. The molecule has 0 bridgehead atoms. The molecule has 1 N–H and O–H groups in total. The van der Waals surface area contributed by atoms with E-state index >= 15 is 0 Å². The van der Waals surface area contributed by atoms with Crippen molar-refractivity contribution in [3.63, 3.8) is 0 Å². The normalized spacial score (nSPS) is 10.3. The zero-order valence-electron chi connectivity index (χ0n) is 9.62. The molecule has 0 fully saturated rings. The van der Waals surface area contributed by atoms with Crippen LogP contribution in [0.15, 0.2) is 18.3 Å². The van der Waals surface area contributed by atoms with E-state index in [0.29, 0.717) is 0 Å². The maximum atomic E-state index is 4.29. The van der Waals surface area contributed by atoms with Crippen molar-refractivity contribution in [2.75, 3.05) is 18.1 Å². The Morgan fingerprint density at radius 3 is 3.00 bits per heavy atom. The summed E-state index contributed by atoms with van der Waals surface area (Å²) in [7, 11) is 1.92. The van der Waals surface area contributed by atoms with Crippen LogP contribution in [0.25, 0.3) is 0 Å². The van der Waals surface area contributed by atoms with E-state index in [1.165, 1.54) is 30.6 Å². The molecule has 0 saturated heterocycles. The van der Waals surface area contributed by atoms with E-state index in [9.17, 15) is 0 Å². The van der Waals surface area contributed by atoms with E-state index in [0.717, 1.165) is 11.6 Å². The number of aromatic nitrogens is 1. The molecule has 84 valence electrons. The minimum Gasteiger partial charge on any atom is -0.373 e. The Morgan fingerprint density at radius 1 is 1.40 bits per heavy atom. The lowest BCUT2D eigenvalue weighted by Crippen LogP contribution is -1.97. The highest BCUT2D eigenvalue weighted by molar-refractivity contribution is 7.98. The van der Waals surface area contributed by atoms with Crippen molar-refractivity contribution >= 4 is 17.6 Å². The first kappa shape index (κ1) is 12.4. The van der Waals surface area contributed by atoms with E-state index in [-0.39, 0.29) is 0 Å². The Kier molecular flexibility index (Phi) is 6.25. The van der Waals surface area contributed by atoms with Gasteiger partial charge in [0.05, 0.1) is 0 Å². The van der Waals surface area contributed by atoms with Gasteiger partial charge < -0.3 is 5.32 Å². The lowest BCUT2D eigenvalue weighted by atomic mass is 10.3. The van der Waals surface area contributed by atoms with Gasteiger partial charge in [-0.3, -0.25) is 0 Å². The van der Waals surface area contributed by atoms with Crippen LogP contribution in [0.5, 0.6) is 0 Å². The minimum absolute atomic E-state index is 1.01. The van der Waals surface area contributed by atoms with Crippen molar-refractivity contribution < 1.29 is 0 Å². The Bertz CT molecular complexity index is 276. The van der Waals surface area contributed by atoms with Gasteiger partial charge in [-0.05, 0) is 18.2 Å². The molecule has 0 amide bonds. The van der Waals surface area contributed by atoms with Gasteiger partial charge in [-0.2, -0.15) is 11.8 Å². The van der Waals surface area contributed by atoms with Crippen LogP contribution >= 0.6 is 11.8 Å². The SMILES string of the molecule is CCCCCSCc1cccnc1NC. The molecule has 0 aliphatic rings. The number of pyridine rings is 1. The highest BCUT2D eigenvalue weighted by Crippen LogP contribution is 2.19. The van der Waals surface area contributed by atoms with Crippen LogP contribution in [0.4, 0.5) is 5.82 Å². The van der Waals surface area contributed by atoms with E-state index in [1.54, 1.807) is 0 Å². The third-order valence-electron chi connectivity index (χ3n) is 2.28. The lowest BCUT2D eigenvalue weighted by molar-refractivity contribution is 0.778. The molecule has 1 aromatic rings. The number of thioether (sulfide) groups is 1. The van der Waals surface area contributed by atoms with Gasteiger partial charge in [0.1, 0.15) is 5.82 Å². The Hall–Kier alpha value is -0.700. The first-order valence-electron chi connectivity index (χ1n) is 5.58. The van der Waals surface area contributed by atoms with Crippen LogP contribution in [0.2, 0.25) is 0 Å². The van der Waals surface area contributed by atoms with E-state index in [2.05, 4.69) is 23.3 Å². The van der Waals surface area contributed by atoms with Crippen molar-refractivity contribution in [3.05, 3.63) is 23.9 Å². The monoisotopic (exact) mass is 224 g/mol. The second kappa shape index (κ2) is 7.57. The molecule has 0 radical (unpaired) electrons. The van der Waals surface area contributed by atoms with Gasteiger partial charge in [0, 0.05) is 24.6 Å². The molecule has 0 atom stereocenters. The van der Waals surface area contributed by atoms with Crippen LogP contribution < -0.4 is 5.32 Å². The predicted octanol–water partition coefficient (Wildman–Crippen LogP) is 3.55. The van der Waals surface area contributed by atoms with Crippen LogP contribution in [0.1, 0.15) is 31.7 Å². The van der Waals surface area contributed by atoms with E-state index < -0.39 is 0 Å². The third kappa shape index (κ3) is 4.56. The lowest BCUT2D eigenvalue weighted by Gasteiger charge is -2.06. The average molecular weight is 224 g/mol. The van der Waals surface area contributed by atoms with Gasteiger partial charge in [-0.15, -0.1) is 0 Å². The molecule has 0 saturated carbocycles. The first-order chi connectivity index (χ1) is 7.38. The highest BCUT2D eigenvalue weighted by Gasteiger charge is 2.00. The summed E-state index contributed by atoms with van der Waals surface area (Å²) in [6.07, 6.45) is 5.81. The Labute approximate surface area is 96.9 Å². The number of rotatable bonds is 7. The summed E-state index contributed by atoms with van der Waals surface area (Å²) in [5.74, 6) is 3.33. The minimum atomic E-state index is 1.01. The molecule has 0 aliphatic carbocycles. The summed E-state index contributed by atoms with van der Waals surface area (Å²) in [5.41, 5.74) is 1.31. The van der Waals surface area contributed by atoms with Gasteiger partial charge in [0.15, 0.2) is 0 Å². The second-order valence-electron chi connectivity index (χ2n) is 3.52. The largest absolute Gasteiger partial charge is 0.373 e. The summed E-state index contributed by atoms with van der Waals surface area (Å²) in [6, 6.07) is 4.15. The summed E-state index contributed by atoms with van der Waals surface area (Å²) in [6.45, 7) is 2.24. The van der Waals surface area contributed by atoms with Crippen molar-refractivity contribution in [1.29, 1.82) is 0 Å². The number of nitrogens with zero attached hydrogens (tertiary/aromatic N) is 1. The summed E-state index contributed by atoms with van der Waals surface area (Å²) < 4.78 is 0. The van der Waals surface area contributed by atoms with Crippen molar-refractivity contribution in [1.82, 2.24) is 4.98 Å².